The topological polar surface area (TPSA) is 55.1 Å². The highest BCUT2D eigenvalue weighted by molar-refractivity contribution is 9.10. The smallest absolute Gasteiger partial charge is 0.234 e. The van der Waals surface area contributed by atoms with Gasteiger partial charge in [0, 0.05) is 25.2 Å². The van der Waals surface area contributed by atoms with Gasteiger partial charge in [0.15, 0.2) is 0 Å². The number of amides is 1. The van der Waals surface area contributed by atoms with E-state index in [4.69, 9.17) is 5.73 Å². The molecule has 2 rings (SSSR count). The first-order chi connectivity index (χ1) is 9.54. The van der Waals surface area contributed by atoms with Crippen LogP contribution in [-0.2, 0) is 4.79 Å². The average Bonchev–Trinajstić information content (AvgIpc) is 2.40. The van der Waals surface area contributed by atoms with Crippen LogP contribution < -0.4 is 11.1 Å². The van der Waals surface area contributed by atoms with Gasteiger partial charge in [-0.3, -0.25) is 4.79 Å². The molecule has 0 saturated carbocycles. The van der Waals surface area contributed by atoms with Crippen molar-refractivity contribution in [1.82, 2.24) is 0 Å². The van der Waals surface area contributed by atoms with Crippen molar-refractivity contribution in [2.45, 2.75) is 4.90 Å². The molecule has 0 saturated heterocycles. The van der Waals surface area contributed by atoms with Crippen LogP contribution in [0.1, 0.15) is 0 Å². The minimum Gasteiger partial charge on any atom is -0.398 e. The number of carbonyl (C=O) groups excluding carboxylic acids is 1. The first-order valence-electron chi connectivity index (χ1n) is 5.78. The van der Waals surface area contributed by atoms with Crippen LogP contribution in [0.15, 0.2) is 56.3 Å². The molecule has 0 fully saturated rings. The van der Waals surface area contributed by atoms with Crippen LogP contribution in [0.4, 0.5) is 11.4 Å². The van der Waals surface area contributed by atoms with Gasteiger partial charge in [-0.25, -0.2) is 0 Å². The number of nitrogen functional groups attached to an aromatic ring is 1. The van der Waals surface area contributed by atoms with E-state index in [0.717, 1.165) is 19.5 Å². The van der Waals surface area contributed by atoms with E-state index < -0.39 is 0 Å². The summed E-state index contributed by atoms with van der Waals surface area (Å²) in [6.45, 7) is 0. The quantitative estimate of drug-likeness (QED) is 0.569. The van der Waals surface area contributed by atoms with Gasteiger partial charge in [0.05, 0.1) is 5.75 Å². The molecular weight excluding hydrogens is 404 g/mol. The molecule has 0 aromatic heterocycles. The lowest BCUT2D eigenvalue weighted by Crippen LogP contribution is -2.13. The Kier molecular flexibility index (Phi) is 5.51. The van der Waals surface area contributed by atoms with E-state index in [9.17, 15) is 4.79 Å². The van der Waals surface area contributed by atoms with Gasteiger partial charge in [-0.1, -0.05) is 31.9 Å². The number of thioether (sulfide) groups is 1. The predicted octanol–water partition coefficient (Wildman–Crippen LogP) is 4.52. The molecule has 20 heavy (non-hydrogen) atoms. The molecule has 3 N–H and O–H groups in total. The van der Waals surface area contributed by atoms with Gasteiger partial charge in [0.25, 0.3) is 0 Å². The third-order valence-corrected chi connectivity index (χ3v) is 4.57. The summed E-state index contributed by atoms with van der Waals surface area (Å²) in [5.74, 6) is 0.265. The molecule has 0 heterocycles. The molecule has 6 heteroatoms. The number of nitrogens with one attached hydrogen (secondary N) is 1. The van der Waals surface area contributed by atoms with E-state index >= 15 is 0 Å². The van der Waals surface area contributed by atoms with Gasteiger partial charge in [0.1, 0.15) is 0 Å². The maximum atomic E-state index is 11.9. The Balaban J connectivity index is 1.90. The predicted molar refractivity (Wildman–Crippen MR) is 92.1 cm³/mol. The SMILES string of the molecule is Nc1cc(Br)ccc1SCC(=O)Nc1ccc(Br)cc1. The van der Waals surface area contributed by atoms with Crippen LogP contribution in [0, 0.1) is 0 Å². The monoisotopic (exact) mass is 414 g/mol. The highest BCUT2D eigenvalue weighted by Crippen LogP contribution is 2.27. The van der Waals surface area contributed by atoms with E-state index in [2.05, 4.69) is 37.2 Å². The molecule has 3 nitrogen and oxygen atoms in total. The maximum Gasteiger partial charge on any atom is 0.234 e. The number of nitrogens with two attached hydrogens (primary N) is 1. The van der Waals surface area contributed by atoms with Gasteiger partial charge < -0.3 is 11.1 Å². The molecule has 2 aromatic rings. The molecule has 0 aliphatic rings. The molecule has 0 spiro atoms. The summed E-state index contributed by atoms with van der Waals surface area (Å²) in [5.41, 5.74) is 7.34. The molecular formula is C14H12Br2N2OS. The fraction of sp³-hybridized carbons (Fsp3) is 0.0714. The molecule has 2 aromatic carbocycles. The zero-order valence-electron chi connectivity index (χ0n) is 10.4. The van der Waals surface area contributed by atoms with Gasteiger partial charge in [0.2, 0.25) is 5.91 Å². The van der Waals surface area contributed by atoms with Crippen molar-refractivity contribution in [3.8, 4) is 0 Å². The number of hydrogen-bond acceptors (Lipinski definition) is 3. The van der Waals surface area contributed by atoms with Crippen LogP contribution in [0.2, 0.25) is 0 Å². The molecule has 0 radical (unpaired) electrons. The Hall–Kier alpha value is -0.980. The maximum absolute atomic E-state index is 11.9. The van der Waals surface area contributed by atoms with Crippen LogP contribution in [-0.4, -0.2) is 11.7 Å². The summed E-state index contributed by atoms with van der Waals surface area (Å²) >= 11 is 8.13. The fourth-order valence-electron chi connectivity index (χ4n) is 1.52. The standard InChI is InChI=1S/C14H12Br2N2OS/c15-9-1-4-11(5-2-9)18-14(19)8-20-13-6-3-10(16)7-12(13)17/h1-7H,8,17H2,(H,18,19). The van der Waals surface area contributed by atoms with E-state index in [1.165, 1.54) is 11.8 Å². The van der Waals surface area contributed by atoms with Gasteiger partial charge in [-0.2, -0.15) is 0 Å². The van der Waals surface area contributed by atoms with Gasteiger partial charge in [-0.05, 0) is 42.5 Å². The van der Waals surface area contributed by atoms with E-state index in [0.29, 0.717) is 11.4 Å². The number of benzene rings is 2. The number of carbonyl (C=O) groups is 1. The highest BCUT2D eigenvalue weighted by atomic mass is 79.9. The number of halogens is 2. The van der Waals surface area contributed by atoms with Gasteiger partial charge >= 0.3 is 0 Å². The third-order valence-electron chi connectivity index (χ3n) is 2.46. The molecule has 0 aliphatic carbocycles. The lowest BCUT2D eigenvalue weighted by atomic mass is 10.3. The number of rotatable bonds is 4. The Bertz CT molecular complexity index is 617. The first kappa shape index (κ1) is 15.4. The lowest BCUT2D eigenvalue weighted by molar-refractivity contribution is -0.113. The van der Waals surface area contributed by atoms with Gasteiger partial charge in [-0.15, -0.1) is 11.8 Å². The number of anilines is 2. The molecule has 1 amide bonds. The van der Waals surface area contributed by atoms with Crippen molar-refractivity contribution in [3.05, 3.63) is 51.4 Å². The van der Waals surface area contributed by atoms with Crippen molar-refractivity contribution >= 4 is 60.9 Å². The normalized spacial score (nSPS) is 10.3. The summed E-state index contributed by atoms with van der Waals surface area (Å²) < 4.78 is 1.91. The average molecular weight is 416 g/mol. The van der Waals surface area contributed by atoms with Crippen molar-refractivity contribution < 1.29 is 4.79 Å². The Morgan fingerprint density at radius 3 is 2.40 bits per heavy atom. The Morgan fingerprint density at radius 2 is 1.75 bits per heavy atom. The molecule has 0 bridgehead atoms. The van der Waals surface area contributed by atoms with Crippen molar-refractivity contribution in [1.29, 1.82) is 0 Å². The zero-order chi connectivity index (χ0) is 14.5. The number of hydrogen-bond donors (Lipinski definition) is 2. The van der Waals surface area contributed by atoms with E-state index in [1.54, 1.807) is 0 Å². The minimum atomic E-state index is -0.0559. The summed E-state index contributed by atoms with van der Waals surface area (Å²) in [6, 6.07) is 13.1. The summed E-state index contributed by atoms with van der Waals surface area (Å²) in [7, 11) is 0. The van der Waals surface area contributed by atoms with Crippen molar-refractivity contribution in [2.75, 3.05) is 16.8 Å². The summed E-state index contributed by atoms with van der Waals surface area (Å²) in [4.78, 5) is 12.8. The van der Waals surface area contributed by atoms with Crippen molar-refractivity contribution in [3.63, 3.8) is 0 Å². The zero-order valence-corrected chi connectivity index (χ0v) is 14.4. The van der Waals surface area contributed by atoms with Crippen LogP contribution in [0.3, 0.4) is 0 Å². The second kappa shape index (κ2) is 7.15. The fourth-order valence-corrected chi connectivity index (χ4v) is 2.92. The summed E-state index contributed by atoms with van der Waals surface area (Å²) in [5, 5.41) is 2.84. The minimum absolute atomic E-state index is 0.0559. The van der Waals surface area contributed by atoms with Crippen LogP contribution >= 0.6 is 43.6 Å². The Morgan fingerprint density at radius 1 is 1.10 bits per heavy atom. The second-order valence-electron chi connectivity index (χ2n) is 4.03. The molecule has 104 valence electrons. The van der Waals surface area contributed by atoms with E-state index in [1.807, 2.05) is 42.5 Å². The highest BCUT2D eigenvalue weighted by Gasteiger charge is 2.06. The van der Waals surface area contributed by atoms with E-state index in [-0.39, 0.29) is 5.91 Å². The Labute approximate surface area is 138 Å². The molecule has 0 unspecified atom stereocenters. The molecule has 0 atom stereocenters. The largest absolute Gasteiger partial charge is 0.398 e. The first-order valence-corrected chi connectivity index (χ1v) is 8.35. The molecule has 0 aliphatic heterocycles. The van der Waals surface area contributed by atoms with Crippen molar-refractivity contribution in [2.24, 2.45) is 0 Å². The lowest BCUT2D eigenvalue weighted by Gasteiger charge is -2.07. The van der Waals surface area contributed by atoms with Crippen LogP contribution in [0.25, 0.3) is 0 Å². The summed E-state index contributed by atoms with van der Waals surface area (Å²) in [6.07, 6.45) is 0. The second-order valence-corrected chi connectivity index (χ2v) is 6.87. The third kappa shape index (κ3) is 4.54. The van der Waals surface area contributed by atoms with Crippen LogP contribution in [0.5, 0.6) is 0 Å².